The number of pyridine rings is 2. The predicted molar refractivity (Wildman–Crippen MR) is 129 cm³/mol. The van der Waals surface area contributed by atoms with E-state index in [1.165, 1.54) is 0 Å². The van der Waals surface area contributed by atoms with Crippen LogP contribution >= 0.6 is 11.6 Å². The molecule has 0 radical (unpaired) electrons. The summed E-state index contributed by atoms with van der Waals surface area (Å²) in [6, 6.07) is 8.24. The number of aromatic amines is 1. The fourth-order valence-electron chi connectivity index (χ4n) is 4.78. The van der Waals surface area contributed by atoms with Gasteiger partial charge in [-0.2, -0.15) is 0 Å². The Morgan fingerprint density at radius 1 is 1.31 bits per heavy atom. The van der Waals surface area contributed by atoms with Gasteiger partial charge in [0.15, 0.2) is 0 Å². The lowest BCUT2D eigenvalue weighted by atomic mass is 9.80. The Kier molecular flexibility index (Phi) is 7.30. The van der Waals surface area contributed by atoms with Crippen LogP contribution in [0.4, 0.5) is 5.82 Å². The van der Waals surface area contributed by atoms with Gasteiger partial charge in [0.2, 0.25) is 10.9 Å². The maximum absolute atomic E-state index is 11.0. The minimum absolute atomic E-state index is 0.147. The Balaban J connectivity index is 1.51. The quantitative estimate of drug-likeness (QED) is 0.294. The molecule has 32 heavy (non-hydrogen) atoms. The van der Waals surface area contributed by atoms with Crippen molar-refractivity contribution in [3.05, 3.63) is 41.8 Å². The van der Waals surface area contributed by atoms with E-state index in [1.807, 2.05) is 44.6 Å². The van der Waals surface area contributed by atoms with Crippen molar-refractivity contribution >= 4 is 39.3 Å². The first kappa shape index (κ1) is 23.0. The Labute approximate surface area is 194 Å². The third-order valence-electron chi connectivity index (χ3n) is 6.26. The molecule has 1 saturated carbocycles. The fourth-order valence-corrected chi connectivity index (χ4v) is 5.32. The van der Waals surface area contributed by atoms with Crippen LogP contribution in [0.5, 0.6) is 0 Å². The number of thiol groups is 1. The summed E-state index contributed by atoms with van der Waals surface area (Å²) in [5.41, 5.74) is 2.85. The van der Waals surface area contributed by atoms with E-state index >= 15 is 0 Å². The van der Waals surface area contributed by atoms with E-state index in [0.29, 0.717) is 17.6 Å². The highest BCUT2D eigenvalue weighted by atomic mass is 35.5. The molecule has 1 fully saturated rings. The molecule has 172 valence electrons. The van der Waals surface area contributed by atoms with Gasteiger partial charge in [0.1, 0.15) is 16.6 Å². The summed E-state index contributed by atoms with van der Waals surface area (Å²) in [5.74, 6) is 1.13. The van der Waals surface area contributed by atoms with Crippen LogP contribution in [0.2, 0.25) is 5.15 Å². The summed E-state index contributed by atoms with van der Waals surface area (Å²) < 4.78 is 24.6. The standard InChI is InChI=1S/C22H29ClN6O2S/c1-29(2)19(13-26-32(30)31)14-5-3-6-16(9-14)27-21-11-15(10-20(23)28-21)18-12-25-22-17(18)7-4-8-24-22/h4,7-8,10-12,14,16,19,32H,3,5-6,9,13H2,1-2H3,(H,24,25)(H,27,28)(H,26,30,31). The zero-order chi connectivity index (χ0) is 22.7. The summed E-state index contributed by atoms with van der Waals surface area (Å²) in [6.07, 6.45) is 7.85. The smallest absolute Gasteiger partial charge is 0.201 e. The van der Waals surface area contributed by atoms with Crippen molar-refractivity contribution in [3.63, 3.8) is 0 Å². The Bertz CT molecular complexity index is 1140. The topological polar surface area (TPSA) is 103 Å². The molecule has 3 aromatic heterocycles. The van der Waals surface area contributed by atoms with Gasteiger partial charge in [-0.3, -0.25) is 0 Å². The molecule has 0 aliphatic heterocycles. The highest BCUT2D eigenvalue weighted by molar-refractivity contribution is 7.70. The number of hydrogen-bond donors (Lipinski definition) is 4. The van der Waals surface area contributed by atoms with Gasteiger partial charge >= 0.3 is 0 Å². The Morgan fingerprint density at radius 3 is 2.94 bits per heavy atom. The number of hydrogen-bond acceptors (Lipinski definition) is 6. The number of fused-ring (bicyclic) bond motifs is 1. The third-order valence-corrected chi connectivity index (χ3v) is 6.89. The van der Waals surface area contributed by atoms with Gasteiger partial charge in [0.25, 0.3) is 0 Å². The molecule has 10 heteroatoms. The van der Waals surface area contributed by atoms with Crippen LogP contribution in [0.15, 0.2) is 36.7 Å². The first-order chi connectivity index (χ1) is 15.4. The first-order valence-corrected chi connectivity index (χ1v) is 12.4. The fraction of sp³-hybridized carbons (Fsp3) is 0.455. The summed E-state index contributed by atoms with van der Waals surface area (Å²) in [5, 5.41) is 5.05. The molecule has 0 spiro atoms. The molecule has 1 aliphatic rings. The van der Waals surface area contributed by atoms with E-state index in [2.05, 4.69) is 29.9 Å². The van der Waals surface area contributed by atoms with E-state index in [9.17, 15) is 8.42 Å². The van der Waals surface area contributed by atoms with E-state index < -0.39 is 10.9 Å². The van der Waals surface area contributed by atoms with Crippen molar-refractivity contribution in [1.82, 2.24) is 24.6 Å². The maximum Gasteiger partial charge on any atom is 0.201 e. The van der Waals surface area contributed by atoms with E-state index in [4.69, 9.17) is 11.6 Å². The average Bonchev–Trinajstić information content (AvgIpc) is 3.17. The minimum atomic E-state index is -2.59. The summed E-state index contributed by atoms with van der Waals surface area (Å²) in [4.78, 5) is 14.2. The second kappa shape index (κ2) is 10.2. The highest BCUT2D eigenvalue weighted by Crippen LogP contribution is 2.33. The molecule has 4 rings (SSSR count). The zero-order valence-corrected chi connectivity index (χ0v) is 19.9. The van der Waals surface area contributed by atoms with E-state index in [1.54, 1.807) is 6.20 Å². The number of H-pyrrole nitrogens is 1. The number of halogens is 1. The molecule has 3 unspecified atom stereocenters. The Hall–Kier alpha value is -2.20. The summed E-state index contributed by atoms with van der Waals surface area (Å²) >= 11 is 6.38. The molecule has 0 amide bonds. The van der Waals surface area contributed by atoms with Crippen molar-refractivity contribution in [2.45, 2.75) is 37.8 Å². The van der Waals surface area contributed by atoms with Crippen LogP contribution in [0.1, 0.15) is 25.7 Å². The lowest BCUT2D eigenvalue weighted by Gasteiger charge is -2.38. The molecule has 0 saturated heterocycles. The number of anilines is 1. The van der Waals surface area contributed by atoms with Crippen molar-refractivity contribution in [1.29, 1.82) is 0 Å². The Morgan fingerprint density at radius 2 is 2.16 bits per heavy atom. The SMILES string of the molecule is CN(C)C(CN[SH](=O)=O)C1CCCC(Nc2cc(-c3c[nH]c4ncccc34)cc(Cl)n2)C1. The predicted octanol–water partition coefficient (Wildman–Crippen LogP) is 3.30. The van der Waals surface area contributed by atoms with Crippen LogP contribution in [0, 0.1) is 5.92 Å². The maximum atomic E-state index is 11.0. The van der Waals surface area contributed by atoms with Gasteiger partial charge < -0.3 is 15.2 Å². The van der Waals surface area contributed by atoms with Gasteiger partial charge in [-0.25, -0.2) is 23.1 Å². The molecule has 3 atom stereocenters. The number of nitrogens with zero attached hydrogens (tertiary/aromatic N) is 3. The number of aromatic nitrogens is 3. The largest absolute Gasteiger partial charge is 0.367 e. The van der Waals surface area contributed by atoms with E-state index in [0.717, 1.165) is 53.7 Å². The zero-order valence-electron chi connectivity index (χ0n) is 18.2. The number of rotatable bonds is 8. The van der Waals surface area contributed by atoms with Crippen LogP contribution in [0.25, 0.3) is 22.2 Å². The van der Waals surface area contributed by atoms with Gasteiger partial charge in [0, 0.05) is 42.0 Å². The van der Waals surface area contributed by atoms with Crippen molar-refractivity contribution in [2.75, 3.05) is 26.0 Å². The van der Waals surface area contributed by atoms with Crippen molar-refractivity contribution in [3.8, 4) is 11.1 Å². The normalized spacial score (nSPS) is 20.2. The van der Waals surface area contributed by atoms with E-state index in [-0.39, 0.29) is 12.1 Å². The van der Waals surface area contributed by atoms with Gasteiger partial charge in [-0.15, -0.1) is 0 Å². The molecule has 3 aromatic rings. The van der Waals surface area contributed by atoms with Gasteiger partial charge in [-0.05, 0) is 69.1 Å². The lowest BCUT2D eigenvalue weighted by molar-refractivity contribution is 0.166. The molecule has 0 bridgehead atoms. The first-order valence-electron chi connectivity index (χ1n) is 10.8. The van der Waals surface area contributed by atoms with Crippen molar-refractivity contribution < 1.29 is 8.42 Å². The summed E-state index contributed by atoms with van der Waals surface area (Å²) in [6.45, 7) is 0.428. The lowest BCUT2D eigenvalue weighted by Crippen LogP contribution is -2.46. The molecule has 0 aromatic carbocycles. The van der Waals surface area contributed by atoms with Crippen LogP contribution < -0.4 is 10.0 Å². The van der Waals surface area contributed by atoms with Crippen LogP contribution in [0.3, 0.4) is 0 Å². The molecular weight excluding hydrogens is 448 g/mol. The van der Waals surface area contributed by atoms with Gasteiger partial charge in [0.05, 0.1) is 0 Å². The van der Waals surface area contributed by atoms with Crippen LogP contribution in [-0.4, -0.2) is 61.0 Å². The van der Waals surface area contributed by atoms with Crippen LogP contribution in [-0.2, 0) is 10.9 Å². The molecule has 3 heterocycles. The molecule has 3 N–H and O–H groups in total. The molecular formula is C22H29ClN6O2S. The van der Waals surface area contributed by atoms with Crippen molar-refractivity contribution in [2.24, 2.45) is 5.92 Å². The average molecular weight is 477 g/mol. The monoisotopic (exact) mass is 476 g/mol. The molecule has 1 aliphatic carbocycles. The number of likely N-dealkylation sites (N-methyl/N-ethyl adjacent to an activating group) is 1. The minimum Gasteiger partial charge on any atom is -0.367 e. The molecule has 8 nitrogen and oxygen atoms in total. The highest BCUT2D eigenvalue weighted by Gasteiger charge is 2.30. The third kappa shape index (κ3) is 5.40. The summed E-state index contributed by atoms with van der Waals surface area (Å²) in [7, 11) is 1.41. The second-order valence-electron chi connectivity index (χ2n) is 8.58. The second-order valence-corrected chi connectivity index (χ2v) is 9.80. The number of nitrogens with one attached hydrogen (secondary N) is 3. The van der Waals surface area contributed by atoms with Gasteiger partial charge in [-0.1, -0.05) is 18.0 Å².